The lowest BCUT2D eigenvalue weighted by atomic mass is 10.1. The zero-order valence-corrected chi connectivity index (χ0v) is 18.6. The van der Waals surface area contributed by atoms with Crippen LogP contribution in [-0.2, 0) is 4.79 Å². The van der Waals surface area contributed by atoms with E-state index in [0.717, 1.165) is 15.9 Å². The van der Waals surface area contributed by atoms with Gasteiger partial charge in [0.2, 0.25) is 11.6 Å². The van der Waals surface area contributed by atoms with Gasteiger partial charge in [0.05, 0.1) is 7.11 Å². The number of carbonyl (C=O) groups excluding carboxylic acids is 2. The van der Waals surface area contributed by atoms with E-state index in [4.69, 9.17) is 4.74 Å². The minimum Gasteiger partial charge on any atom is -0.497 e. The SMILES string of the molecule is COc1ccc(C(=O)C(=O)C=P(c2ccccc2)(c2ccccc2)c2ccccc2)cc1. The highest BCUT2D eigenvalue weighted by Gasteiger charge is 2.28. The average molecular weight is 438 g/mol. The first-order chi connectivity index (χ1) is 15.6. The number of ketones is 2. The van der Waals surface area contributed by atoms with E-state index in [1.54, 1.807) is 37.2 Å². The van der Waals surface area contributed by atoms with Crippen LogP contribution in [0.4, 0.5) is 0 Å². The van der Waals surface area contributed by atoms with Crippen molar-refractivity contribution in [2.45, 2.75) is 0 Å². The highest BCUT2D eigenvalue weighted by molar-refractivity contribution is 7.95. The quantitative estimate of drug-likeness (QED) is 0.246. The Kier molecular flexibility index (Phi) is 6.49. The molecule has 3 nitrogen and oxygen atoms in total. The molecule has 0 radical (unpaired) electrons. The number of Topliss-reactive ketones (excluding diaryl/α,β-unsaturated/α-hetero) is 2. The zero-order valence-electron chi connectivity index (χ0n) is 17.7. The van der Waals surface area contributed by atoms with Gasteiger partial charge in [0.25, 0.3) is 0 Å². The molecule has 0 bridgehead atoms. The first kappa shape index (κ1) is 21.5. The number of hydrogen-bond donors (Lipinski definition) is 0. The van der Waals surface area contributed by atoms with Gasteiger partial charge in [-0.3, -0.25) is 9.59 Å². The van der Waals surface area contributed by atoms with Gasteiger partial charge < -0.3 is 4.74 Å². The predicted molar refractivity (Wildman–Crippen MR) is 134 cm³/mol. The van der Waals surface area contributed by atoms with E-state index in [2.05, 4.69) is 0 Å². The second-order valence-electron chi connectivity index (χ2n) is 7.28. The molecular weight excluding hydrogens is 415 g/mol. The van der Waals surface area contributed by atoms with E-state index < -0.39 is 18.5 Å². The summed E-state index contributed by atoms with van der Waals surface area (Å²) in [5.74, 6) is 1.26. The van der Waals surface area contributed by atoms with Crippen molar-refractivity contribution in [3.8, 4) is 5.75 Å². The Labute approximate surface area is 188 Å². The first-order valence-electron chi connectivity index (χ1n) is 10.3. The molecule has 0 aliphatic heterocycles. The molecule has 0 aliphatic rings. The summed E-state index contributed by atoms with van der Waals surface area (Å²) >= 11 is 0. The Morgan fingerprint density at radius 2 is 1.03 bits per heavy atom. The first-order valence-corrected chi connectivity index (χ1v) is 12.1. The molecule has 0 heterocycles. The summed E-state index contributed by atoms with van der Waals surface area (Å²) in [6.07, 6.45) is 0. The van der Waals surface area contributed by atoms with Crippen LogP contribution in [0, 0.1) is 0 Å². The van der Waals surface area contributed by atoms with Crippen molar-refractivity contribution in [1.29, 1.82) is 0 Å². The van der Waals surface area contributed by atoms with E-state index in [-0.39, 0.29) is 0 Å². The Balaban J connectivity index is 1.95. The maximum atomic E-state index is 13.4. The Morgan fingerprint density at radius 1 is 0.625 bits per heavy atom. The van der Waals surface area contributed by atoms with Crippen molar-refractivity contribution in [3.05, 3.63) is 121 Å². The lowest BCUT2D eigenvalue weighted by Gasteiger charge is -2.28. The van der Waals surface area contributed by atoms with Gasteiger partial charge in [-0.25, -0.2) is 0 Å². The maximum Gasteiger partial charge on any atom is 0.232 e. The summed E-state index contributed by atoms with van der Waals surface area (Å²) in [4.78, 5) is 26.5. The van der Waals surface area contributed by atoms with Gasteiger partial charge in [-0.2, -0.15) is 0 Å². The van der Waals surface area contributed by atoms with E-state index in [0.29, 0.717) is 11.3 Å². The molecule has 0 saturated heterocycles. The van der Waals surface area contributed by atoms with Crippen molar-refractivity contribution < 1.29 is 14.3 Å². The lowest BCUT2D eigenvalue weighted by Crippen LogP contribution is -2.30. The lowest BCUT2D eigenvalue weighted by molar-refractivity contribution is -0.108. The van der Waals surface area contributed by atoms with E-state index in [1.807, 2.05) is 91.0 Å². The molecule has 0 aliphatic carbocycles. The highest BCUT2D eigenvalue weighted by atomic mass is 31.2. The summed E-state index contributed by atoms with van der Waals surface area (Å²) in [6, 6.07) is 36.6. The number of ether oxygens (including phenoxy) is 1. The topological polar surface area (TPSA) is 43.4 Å². The van der Waals surface area contributed by atoms with Crippen LogP contribution in [0.3, 0.4) is 0 Å². The van der Waals surface area contributed by atoms with Gasteiger partial charge in [0.15, 0.2) is 0 Å². The van der Waals surface area contributed by atoms with Crippen molar-refractivity contribution in [2.75, 3.05) is 7.11 Å². The van der Waals surface area contributed by atoms with Crippen molar-refractivity contribution in [1.82, 2.24) is 0 Å². The van der Waals surface area contributed by atoms with Crippen LogP contribution in [0.15, 0.2) is 115 Å². The number of hydrogen-bond acceptors (Lipinski definition) is 3. The third-order valence-corrected chi connectivity index (χ3v) is 9.34. The largest absolute Gasteiger partial charge is 0.497 e. The van der Waals surface area contributed by atoms with Gasteiger partial charge in [-0.1, -0.05) is 91.0 Å². The molecule has 0 unspecified atom stereocenters. The van der Waals surface area contributed by atoms with Crippen molar-refractivity contribution in [3.63, 3.8) is 0 Å². The molecule has 32 heavy (non-hydrogen) atoms. The molecule has 158 valence electrons. The van der Waals surface area contributed by atoms with Crippen LogP contribution in [-0.4, -0.2) is 24.5 Å². The molecule has 0 spiro atoms. The number of methoxy groups -OCH3 is 1. The van der Waals surface area contributed by atoms with Gasteiger partial charge in [-0.15, -0.1) is 0 Å². The van der Waals surface area contributed by atoms with E-state index in [1.165, 1.54) is 0 Å². The van der Waals surface area contributed by atoms with Crippen LogP contribution >= 0.6 is 6.89 Å². The average Bonchev–Trinajstić information content (AvgIpc) is 2.88. The fraction of sp³-hybridized carbons (Fsp3) is 0.0357. The summed E-state index contributed by atoms with van der Waals surface area (Å²) in [5, 5.41) is 3.06. The van der Waals surface area contributed by atoms with Crippen molar-refractivity contribution >= 4 is 40.2 Å². The molecule has 0 amide bonds. The van der Waals surface area contributed by atoms with Crippen molar-refractivity contribution in [2.24, 2.45) is 0 Å². The van der Waals surface area contributed by atoms with E-state index >= 15 is 0 Å². The number of rotatable bonds is 7. The molecule has 4 aromatic rings. The fourth-order valence-corrected chi connectivity index (χ4v) is 7.52. The van der Waals surface area contributed by atoms with Crippen LogP contribution in [0.5, 0.6) is 5.75 Å². The second kappa shape index (κ2) is 9.64. The standard InChI is InChI=1S/C28H23O3P/c1-31-23-19-17-22(18-20-23)28(30)27(29)21-32(24-11-5-2-6-12-24,25-13-7-3-8-14-25)26-15-9-4-10-16-26/h2-21H,1H3. The smallest absolute Gasteiger partial charge is 0.232 e. The third kappa shape index (κ3) is 4.21. The molecule has 4 heteroatoms. The summed E-state index contributed by atoms with van der Waals surface area (Å²) in [7, 11) is 1.56. The Hall–Kier alpha value is -3.68. The minimum absolute atomic E-state index is 0.347. The number of carbonyl (C=O) groups is 2. The van der Waals surface area contributed by atoms with Crippen LogP contribution in [0.25, 0.3) is 0 Å². The maximum absolute atomic E-state index is 13.4. The number of benzene rings is 4. The molecule has 0 N–H and O–H groups in total. The predicted octanol–water partition coefficient (Wildman–Crippen LogP) is 4.24. The monoisotopic (exact) mass is 438 g/mol. The van der Waals surface area contributed by atoms with Gasteiger partial charge in [0.1, 0.15) is 5.75 Å². The summed E-state index contributed by atoms with van der Waals surface area (Å²) < 4.78 is 5.16. The third-order valence-electron chi connectivity index (χ3n) is 5.38. The van der Waals surface area contributed by atoms with E-state index in [9.17, 15) is 9.59 Å². The van der Waals surface area contributed by atoms with Crippen LogP contribution in [0.1, 0.15) is 10.4 Å². The second-order valence-corrected chi connectivity index (χ2v) is 10.5. The summed E-state index contributed by atoms with van der Waals surface area (Å²) in [5.41, 5.74) is 0.347. The normalized spacial score (nSPS) is 10.9. The zero-order chi connectivity index (χ0) is 22.4. The molecule has 0 atom stereocenters. The molecule has 0 saturated carbocycles. The van der Waals surface area contributed by atoms with Gasteiger partial charge >= 0.3 is 0 Å². The minimum atomic E-state index is -2.52. The van der Waals surface area contributed by atoms with Gasteiger partial charge in [0, 0.05) is 5.56 Å². The highest BCUT2D eigenvalue weighted by Crippen LogP contribution is 2.43. The van der Waals surface area contributed by atoms with Gasteiger partial charge in [-0.05, 0) is 52.9 Å². The molecule has 0 fully saturated rings. The van der Waals surface area contributed by atoms with Crippen LogP contribution in [0.2, 0.25) is 0 Å². The fourth-order valence-electron chi connectivity index (χ4n) is 3.78. The summed E-state index contributed by atoms with van der Waals surface area (Å²) in [6.45, 7) is -2.52. The Bertz CT molecular complexity index is 1160. The molecular formula is C28H23O3P. The Morgan fingerprint density at radius 3 is 1.41 bits per heavy atom. The van der Waals surface area contributed by atoms with Crippen LogP contribution < -0.4 is 20.7 Å². The molecule has 4 rings (SSSR count). The molecule has 0 aromatic heterocycles. The molecule has 4 aromatic carbocycles.